The second-order valence-electron chi connectivity index (χ2n) is 5.60. The van der Waals surface area contributed by atoms with Gasteiger partial charge in [0.2, 0.25) is 0 Å². The number of carbonyl (C=O) groups is 2. The highest BCUT2D eigenvalue weighted by Crippen LogP contribution is 2.34. The molecular formula is C18H18O4. The number of esters is 2. The SMILES string of the molecule is CC(=O)Oc1cccc(C2=CC(=C3CCCCC3)C(=O)O2)c1. The maximum Gasteiger partial charge on any atom is 0.343 e. The Labute approximate surface area is 129 Å². The molecule has 1 aromatic carbocycles. The first-order valence-electron chi connectivity index (χ1n) is 7.58. The number of hydrogen-bond donors (Lipinski definition) is 0. The van der Waals surface area contributed by atoms with Gasteiger partial charge in [0.05, 0.1) is 5.57 Å². The van der Waals surface area contributed by atoms with E-state index in [4.69, 9.17) is 9.47 Å². The van der Waals surface area contributed by atoms with Crippen LogP contribution in [-0.2, 0) is 14.3 Å². The quantitative estimate of drug-likeness (QED) is 0.474. The summed E-state index contributed by atoms with van der Waals surface area (Å²) in [6.07, 6.45) is 7.26. The first-order valence-corrected chi connectivity index (χ1v) is 7.58. The average Bonchev–Trinajstić information content (AvgIpc) is 2.90. The Morgan fingerprint density at radius 2 is 1.95 bits per heavy atom. The van der Waals surface area contributed by atoms with E-state index in [0.29, 0.717) is 17.1 Å². The van der Waals surface area contributed by atoms with E-state index in [-0.39, 0.29) is 11.9 Å². The fraction of sp³-hybridized carbons (Fsp3) is 0.333. The van der Waals surface area contributed by atoms with Crippen LogP contribution in [0.5, 0.6) is 5.75 Å². The molecule has 0 saturated heterocycles. The molecule has 0 bridgehead atoms. The summed E-state index contributed by atoms with van der Waals surface area (Å²) in [5, 5.41) is 0. The Morgan fingerprint density at radius 1 is 1.18 bits per heavy atom. The van der Waals surface area contributed by atoms with Gasteiger partial charge in [0.25, 0.3) is 0 Å². The van der Waals surface area contributed by atoms with Crippen molar-refractivity contribution < 1.29 is 19.1 Å². The number of allylic oxidation sites excluding steroid dienone is 1. The van der Waals surface area contributed by atoms with Gasteiger partial charge in [0, 0.05) is 12.5 Å². The molecule has 3 rings (SSSR count). The first-order chi connectivity index (χ1) is 10.6. The molecule has 0 radical (unpaired) electrons. The molecule has 1 saturated carbocycles. The summed E-state index contributed by atoms with van der Waals surface area (Å²) in [5.74, 6) is 0.317. The molecule has 0 aromatic heterocycles. The van der Waals surface area contributed by atoms with E-state index in [2.05, 4.69) is 0 Å². The Balaban J connectivity index is 1.89. The number of ether oxygens (including phenoxy) is 2. The van der Waals surface area contributed by atoms with E-state index in [0.717, 1.165) is 31.2 Å². The second-order valence-corrected chi connectivity index (χ2v) is 5.60. The minimum Gasteiger partial charge on any atom is -0.427 e. The molecule has 4 nitrogen and oxygen atoms in total. The van der Waals surface area contributed by atoms with Gasteiger partial charge in [0.15, 0.2) is 0 Å². The molecule has 22 heavy (non-hydrogen) atoms. The predicted molar refractivity (Wildman–Crippen MR) is 81.9 cm³/mol. The molecule has 0 atom stereocenters. The Morgan fingerprint density at radius 3 is 2.68 bits per heavy atom. The highest BCUT2D eigenvalue weighted by atomic mass is 16.5. The molecule has 1 heterocycles. The summed E-state index contributed by atoms with van der Waals surface area (Å²) < 4.78 is 10.5. The van der Waals surface area contributed by atoms with Gasteiger partial charge in [-0.3, -0.25) is 4.79 Å². The van der Waals surface area contributed by atoms with Crippen LogP contribution in [0.2, 0.25) is 0 Å². The van der Waals surface area contributed by atoms with Crippen LogP contribution in [-0.4, -0.2) is 11.9 Å². The minimum absolute atomic E-state index is 0.273. The van der Waals surface area contributed by atoms with E-state index < -0.39 is 0 Å². The van der Waals surface area contributed by atoms with Crippen molar-refractivity contribution in [3.63, 3.8) is 0 Å². The summed E-state index contributed by atoms with van der Waals surface area (Å²) >= 11 is 0. The first kappa shape index (κ1) is 14.6. The minimum atomic E-state index is -0.375. The van der Waals surface area contributed by atoms with Gasteiger partial charge in [-0.25, -0.2) is 4.79 Å². The van der Waals surface area contributed by atoms with Crippen LogP contribution < -0.4 is 4.74 Å². The molecular weight excluding hydrogens is 280 g/mol. The highest BCUT2D eigenvalue weighted by molar-refractivity contribution is 6.02. The number of benzene rings is 1. The van der Waals surface area contributed by atoms with Gasteiger partial charge in [0.1, 0.15) is 11.5 Å². The van der Waals surface area contributed by atoms with E-state index in [1.807, 2.05) is 12.1 Å². The zero-order valence-corrected chi connectivity index (χ0v) is 12.6. The third kappa shape index (κ3) is 3.11. The molecule has 114 valence electrons. The third-order valence-electron chi connectivity index (χ3n) is 3.92. The van der Waals surface area contributed by atoms with Gasteiger partial charge < -0.3 is 9.47 Å². The molecule has 1 aromatic rings. The van der Waals surface area contributed by atoms with Crippen molar-refractivity contribution in [1.82, 2.24) is 0 Å². The van der Waals surface area contributed by atoms with Crippen molar-refractivity contribution in [3.8, 4) is 5.75 Å². The van der Waals surface area contributed by atoms with Crippen molar-refractivity contribution >= 4 is 17.7 Å². The van der Waals surface area contributed by atoms with Gasteiger partial charge in [-0.15, -0.1) is 0 Å². The summed E-state index contributed by atoms with van der Waals surface area (Å²) in [5.41, 5.74) is 2.63. The van der Waals surface area contributed by atoms with Gasteiger partial charge in [-0.1, -0.05) is 24.1 Å². The van der Waals surface area contributed by atoms with Crippen LogP contribution in [0.15, 0.2) is 41.5 Å². The molecule has 1 aliphatic carbocycles. The Bertz CT molecular complexity index is 674. The van der Waals surface area contributed by atoms with Crippen LogP contribution >= 0.6 is 0 Å². The van der Waals surface area contributed by atoms with E-state index >= 15 is 0 Å². The van der Waals surface area contributed by atoms with Crippen LogP contribution in [0.1, 0.15) is 44.6 Å². The molecule has 1 aliphatic heterocycles. The van der Waals surface area contributed by atoms with E-state index in [9.17, 15) is 9.59 Å². The predicted octanol–water partition coefficient (Wildman–Crippen LogP) is 3.77. The third-order valence-corrected chi connectivity index (χ3v) is 3.92. The smallest absolute Gasteiger partial charge is 0.343 e. The van der Waals surface area contributed by atoms with E-state index in [1.165, 1.54) is 18.9 Å². The Kier molecular flexibility index (Phi) is 4.09. The molecule has 0 N–H and O–H groups in total. The topological polar surface area (TPSA) is 52.6 Å². The van der Waals surface area contributed by atoms with Crippen LogP contribution in [0.25, 0.3) is 5.76 Å². The van der Waals surface area contributed by atoms with Crippen molar-refractivity contribution in [2.45, 2.75) is 39.0 Å². The molecule has 0 unspecified atom stereocenters. The monoisotopic (exact) mass is 298 g/mol. The van der Waals surface area contributed by atoms with Crippen LogP contribution in [0.4, 0.5) is 0 Å². The maximum atomic E-state index is 12.1. The fourth-order valence-electron chi connectivity index (χ4n) is 2.89. The molecule has 0 amide bonds. The van der Waals surface area contributed by atoms with Crippen LogP contribution in [0.3, 0.4) is 0 Å². The number of rotatable bonds is 2. The lowest BCUT2D eigenvalue weighted by Crippen LogP contribution is -2.04. The average molecular weight is 298 g/mol. The number of cyclic esters (lactones) is 1. The fourth-order valence-corrected chi connectivity index (χ4v) is 2.89. The molecule has 2 aliphatic rings. The lowest BCUT2D eigenvalue weighted by atomic mass is 9.91. The molecule has 1 fully saturated rings. The Hall–Kier alpha value is -2.36. The lowest BCUT2D eigenvalue weighted by Gasteiger charge is -2.14. The number of hydrogen-bond acceptors (Lipinski definition) is 4. The van der Waals surface area contributed by atoms with Gasteiger partial charge >= 0.3 is 11.9 Å². The standard InChI is InChI=1S/C18H18O4/c1-12(19)21-15-9-5-8-14(10-15)17-11-16(18(20)22-17)13-6-3-2-4-7-13/h5,8-11H,2-4,6-7H2,1H3. The lowest BCUT2D eigenvalue weighted by molar-refractivity contribution is -0.132. The molecule has 0 spiro atoms. The highest BCUT2D eigenvalue weighted by Gasteiger charge is 2.26. The molecule has 4 heteroatoms. The zero-order valence-electron chi connectivity index (χ0n) is 12.6. The van der Waals surface area contributed by atoms with Crippen molar-refractivity contribution in [3.05, 3.63) is 47.1 Å². The summed E-state index contributed by atoms with van der Waals surface area (Å²) in [4.78, 5) is 23.1. The number of carbonyl (C=O) groups excluding carboxylic acids is 2. The van der Waals surface area contributed by atoms with E-state index in [1.54, 1.807) is 18.2 Å². The summed E-state index contributed by atoms with van der Waals surface area (Å²) in [6.45, 7) is 1.35. The van der Waals surface area contributed by atoms with Crippen molar-refractivity contribution in [2.24, 2.45) is 0 Å². The maximum absolute atomic E-state index is 12.1. The van der Waals surface area contributed by atoms with Gasteiger partial charge in [-0.2, -0.15) is 0 Å². The zero-order chi connectivity index (χ0) is 15.5. The normalized spacial score (nSPS) is 18.0. The van der Waals surface area contributed by atoms with Gasteiger partial charge in [-0.05, 0) is 43.9 Å². The largest absolute Gasteiger partial charge is 0.427 e. The summed E-state index contributed by atoms with van der Waals surface area (Å²) in [7, 11) is 0. The summed E-state index contributed by atoms with van der Waals surface area (Å²) in [6, 6.07) is 7.01. The van der Waals surface area contributed by atoms with Crippen molar-refractivity contribution in [1.29, 1.82) is 0 Å². The second kappa shape index (κ2) is 6.18. The van der Waals surface area contributed by atoms with Crippen LogP contribution in [0, 0.1) is 0 Å². The van der Waals surface area contributed by atoms with Crippen molar-refractivity contribution in [2.75, 3.05) is 0 Å².